The Kier molecular flexibility index (Phi) is 4.75. The summed E-state index contributed by atoms with van der Waals surface area (Å²) in [6.45, 7) is 10.1. The molecule has 0 radical (unpaired) electrons. The van der Waals surface area contributed by atoms with Gasteiger partial charge in [-0.15, -0.1) is 0 Å². The first kappa shape index (κ1) is 17.9. The minimum Gasteiger partial charge on any atom is -0.487 e. The van der Waals surface area contributed by atoms with Crippen LogP contribution in [-0.2, 0) is 4.74 Å². The second kappa shape index (κ2) is 6.91. The van der Waals surface area contributed by atoms with E-state index in [1.54, 1.807) is 4.90 Å². The molecule has 0 bridgehead atoms. The largest absolute Gasteiger partial charge is 0.487 e. The third-order valence-corrected chi connectivity index (χ3v) is 6.43. The molecule has 0 amide bonds. The van der Waals surface area contributed by atoms with Crippen molar-refractivity contribution in [3.05, 3.63) is 29.8 Å². The molecule has 0 aliphatic carbocycles. The average Bonchev–Trinajstić information content (AvgIpc) is 2.62. The van der Waals surface area contributed by atoms with Gasteiger partial charge in [-0.25, -0.2) is 0 Å². The molecule has 3 atom stereocenters. The zero-order valence-electron chi connectivity index (χ0n) is 16.4. The Morgan fingerprint density at radius 1 is 1.12 bits per heavy atom. The van der Waals surface area contributed by atoms with E-state index < -0.39 is 0 Å². The molecule has 0 aromatic heterocycles. The summed E-state index contributed by atoms with van der Waals surface area (Å²) >= 11 is 0. The summed E-state index contributed by atoms with van der Waals surface area (Å²) in [7, 11) is 0. The molecular weight excluding hydrogens is 322 g/mol. The van der Waals surface area contributed by atoms with Crippen molar-refractivity contribution in [3.63, 3.8) is 0 Å². The number of para-hydroxylation sites is 1. The van der Waals surface area contributed by atoms with Crippen molar-refractivity contribution in [1.82, 2.24) is 0 Å². The number of benzene rings is 1. The van der Waals surface area contributed by atoms with E-state index in [4.69, 9.17) is 9.47 Å². The molecule has 1 aromatic carbocycles. The smallest absolute Gasteiger partial charge is 0.139 e. The third kappa shape index (κ3) is 3.50. The Morgan fingerprint density at radius 2 is 1.88 bits per heavy atom. The van der Waals surface area contributed by atoms with Gasteiger partial charge in [0, 0.05) is 11.5 Å². The van der Waals surface area contributed by atoms with Gasteiger partial charge in [0.15, 0.2) is 0 Å². The number of hydrogen-bond acceptors (Lipinski definition) is 2. The molecule has 26 heavy (non-hydrogen) atoms. The lowest BCUT2D eigenvalue weighted by Gasteiger charge is -2.50. The number of quaternary nitrogens is 1. The number of piperidine rings is 1. The molecule has 3 nitrogen and oxygen atoms in total. The van der Waals surface area contributed by atoms with Gasteiger partial charge in [0.25, 0.3) is 0 Å². The van der Waals surface area contributed by atoms with Crippen LogP contribution in [0.25, 0.3) is 0 Å². The Balaban J connectivity index is 1.52. The standard InChI is InChI=1S/C23H31NO2/c1-22(2)19-12-14-23(3,13-9-17-24-15-7-4-8-16-24)26-21(19)18-10-5-6-11-20(18)25-22/h5-6,10-11,19,21H,4,7-8,12,14-17H2,1-3H3/p+1/t19-,21+,23+/m0/s1. The highest BCUT2D eigenvalue weighted by atomic mass is 16.5. The van der Waals surface area contributed by atoms with E-state index in [2.05, 4.69) is 50.8 Å². The lowest BCUT2D eigenvalue weighted by Crippen LogP contribution is -3.12. The summed E-state index contributed by atoms with van der Waals surface area (Å²) in [6, 6.07) is 8.34. The van der Waals surface area contributed by atoms with Crippen molar-refractivity contribution in [2.24, 2.45) is 5.92 Å². The molecule has 0 saturated carbocycles. The molecule has 3 aliphatic rings. The molecule has 3 aliphatic heterocycles. The highest BCUT2D eigenvalue weighted by Gasteiger charge is 2.49. The van der Waals surface area contributed by atoms with E-state index in [1.807, 2.05) is 6.07 Å². The van der Waals surface area contributed by atoms with Crippen molar-refractivity contribution in [2.75, 3.05) is 19.6 Å². The van der Waals surface area contributed by atoms with E-state index in [0.29, 0.717) is 5.92 Å². The van der Waals surface area contributed by atoms with Crippen molar-refractivity contribution in [2.45, 2.75) is 70.2 Å². The second-order valence-electron chi connectivity index (χ2n) is 8.95. The Hall–Kier alpha value is -1.50. The number of hydrogen-bond donors (Lipinski definition) is 1. The summed E-state index contributed by atoms with van der Waals surface area (Å²) in [5.74, 6) is 8.31. The maximum absolute atomic E-state index is 6.67. The number of nitrogens with one attached hydrogen (secondary N) is 1. The van der Waals surface area contributed by atoms with Crippen LogP contribution in [-0.4, -0.2) is 30.8 Å². The van der Waals surface area contributed by atoms with Crippen LogP contribution in [0.2, 0.25) is 0 Å². The highest BCUT2D eigenvalue weighted by molar-refractivity contribution is 5.39. The fourth-order valence-electron chi connectivity index (χ4n) is 4.84. The zero-order valence-corrected chi connectivity index (χ0v) is 16.4. The summed E-state index contributed by atoms with van der Waals surface area (Å²) in [6.07, 6.45) is 6.23. The van der Waals surface area contributed by atoms with E-state index in [0.717, 1.165) is 25.1 Å². The Bertz CT molecular complexity index is 710. The van der Waals surface area contributed by atoms with Crippen molar-refractivity contribution in [1.29, 1.82) is 0 Å². The van der Waals surface area contributed by atoms with Crippen LogP contribution in [0.4, 0.5) is 0 Å². The molecule has 1 aromatic rings. The molecule has 140 valence electrons. The first-order valence-electron chi connectivity index (χ1n) is 10.3. The molecular formula is C23H32NO2+. The second-order valence-corrected chi connectivity index (χ2v) is 8.95. The molecule has 3 heteroatoms. The van der Waals surface area contributed by atoms with Crippen LogP contribution in [0, 0.1) is 17.8 Å². The predicted octanol–water partition coefficient (Wildman–Crippen LogP) is 3.16. The van der Waals surface area contributed by atoms with Gasteiger partial charge in [-0.05, 0) is 64.9 Å². The van der Waals surface area contributed by atoms with Crippen LogP contribution in [0.15, 0.2) is 24.3 Å². The van der Waals surface area contributed by atoms with Gasteiger partial charge in [0.2, 0.25) is 0 Å². The van der Waals surface area contributed by atoms with E-state index >= 15 is 0 Å². The highest BCUT2D eigenvalue weighted by Crippen LogP contribution is 2.52. The molecule has 1 N–H and O–H groups in total. The van der Waals surface area contributed by atoms with E-state index in [-0.39, 0.29) is 17.3 Å². The molecule has 3 heterocycles. The first-order chi connectivity index (χ1) is 12.5. The van der Waals surface area contributed by atoms with E-state index in [9.17, 15) is 0 Å². The third-order valence-electron chi connectivity index (χ3n) is 6.43. The Labute approximate surface area is 158 Å². The molecule has 0 spiro atoms. The average molecular weight is 355 g/mol. The molecule has 0 unspecified atom stereocenters. The quantitative estimate of drug-likeness (QED) is 0.783. The van der Waals surface area contributed by atoms with Crippen molar-refractivity contribution >= 4 is 0 Å². The number of fused-ring (bicyclic) bond motifs is 3. The summed E-state index contributed by atoms with van der Waals surface area (Å²) in [5.41, 5.74) is 0.633. The summed E-state index contributed by atoms with van der Waals surface area (Å²) < 4.78 is 13.0. The minimum absolute atomic E-state index is 0.0744. The summed E-state index contributed by atoms with van der Waals surface area (Å²) in [4.78, 5) is 1.64. The monoisotopic (exact) mass is 354 g/mol. The lowest BCUT2D eigenvalue weighted by atomic mass is 9.73. The van der Waals surface area contributed by atoms with Crippen LogP contribution in [0.1, 0.15) is 64.5 Å². The normalized spacial score (nSPS) is 33.2. The van der Waals surface area contributed by atoms with Gasteiger partial charge < -0.3 is 14.4 Å². The number of rotatable bonds is 1. The minimum atomic E-state index is -0.350. The van der Waals surface area contributed by atoms with Crippen molar-refractivity contribution in [3.8, 4) is 17.6 Å². The van der Waals surface area contributed by atoms with Gasteiger partial charge in [0.05, 0.1) is 19.2 Å². The van der Waals surface area contributed by atoms with Gasteiger partial charge in [0.1, 0.15) is 23.5 Å². The van der Waals surface area contributed by atoms with Gasteiger partial charge in [-0.3, -0.25) is 0 Å². The summed E-state index contributed by atoms with van der Waals surface area (Å²) in [5, 5.41) is 0. The fourth-order valence-corrected chi connectivity index (χ4v) is 4.84. The van der Waals surface area contributed by atoms with Crippen molar-refractivity contribution < 1.29 is 14.4 Å². The number of ether oxygens (including phenoxy) is 2. The van der Waals surface area contributed by atoms with Gasteiger partial charge in [-0.2, -0.15) is 0 Å². The predicted molar refractivity (Wildman–Crippen MR) is 103 cm³/mol. The van der Waals surface area contributed by atoms with Gasteiger partial charge >= 0.3 is 0 Å². The zero-order chi connectivity index (χ0) is 18.2. The van der Waals surface area contributed by atoms with Crippen LogP contribution < -0.4 is 9.64 Å². The van der Waals surface area contributed by atoms with Crippen LogP contribution >= 0.6 is 0 Å². The topological polar surface area (TPSA) is 22.9 Å². The van der Waals surface area contributed by atoms with E-state index in [1.165, 1.54) is 37.9 Å². The number of likely N-dealkylation sites (tertiary alicyclic amines) is 1. The fraction of sp³-hybridized carbons (Fsp3) is 0.652. The van der Waals surface area contributed by atoms with Gasteiger partial charge in [-0.1, -0.05) is 24.1 Å². The first-order valence-corrected chi connectivity index (χ1v) is 10.3. The maximum atomic E-state index is 6.67. The van der Waals surface area contributed by atoms with Crippen LogP contribution in [0.3, 0.4) is 0 Å². The molecule has 2 fully saturated rings. The maximum Gasteiger partial charge on any atom is 0.139 e. The molecule has 4 rings (SSSR count). The van der Waals surface area contributed by atoms with Crippen LogP contribution in [0.5, 0.6) is 5.75 Å². The Morgan fingerprint density at radius 3 is 2.69 bits per heavy atom. The SMILES string of the molecule is CC1(C)Oc2ccccc2[C@H]2O[C@](C)(C#CC[NH+]3CCCCC3)CC[C@@H]21. The molecule has 2 saturated heterocycles. The lowest BCUT2D eigenvalue weighted by molar-refractivity contribution is -0.897.